The maximum Gasteiger partial charge on any atom is 0.573 e. The Morgan fingerprint density at radius 2 is 1.91 bits per heavy atom. The van der Waals surface area contributed by atoms with Crippen molar-refractivity contribution in [1.29, 1.82) is 0 Å². The van der Waals surface area contributed by atoms with Gasteiger partial charge in [-0.05, 0) is 43.2 Å². The van der Waals surface area contributed by atoms with Gasteiger partial charge in [0.2, 0.25) is 0 Å². The predicted octanol–water partition coefficient (Wildman–Crippen LogP) is 3.91. The summed E-state index contributed by atoms with van der Waals surface area (Å²) in [7, 11) is 0. The van der Waals surface area contributed by atoms with Gasteiger partial charge in [0.15, 0.2) is 11.6 Å². The molecule has 2 N–H and O–H groups in total. The highest BCUT2D eigenvalue weighted by atomic mass is 19.4. The molecule has 0 unspecified atom stereocenters. The molecule has 0 amide bonds. The fraction of sp³-hybridized carbons (Fsp3) is 0.636. The van der Waals surface area contributed by atoms with Gasteiger partial charge in [-0.25, -0.2) is 13.8 Å². The lowest BCUT2D eigenvalue weighted by atomic mass is 10.0. The lowest BCUT2D eigenvalue weighted by Crippen LogP contribution is -2.36. The molecule has 2 aromatic rings. The zero-order chi connectivity index (χ0) is 24.0. The van der Waals surface area contributed by atoms with Gasteiger partial charge in [-0.1, -0.05) is 0 Å². The van der Waals surface area contributed by atoms with Crippen molar-refractivity contribution in [1.82, 2.24) is 19.7 Å². The van der Waals surface area contributed by atoms with E-state index in [1.165, 1.54) is 10.9 Å². The van der Waals surface area contributed by atoms with Gasteiger partial charge < -0.3 is 15.2 Å². The lowest BCUT2D eigenvalue weighted by molar-refractivity contribution is -0.274. The van der Waals surface area contributed by atoms with Crippen molar-refractivity contribution < 1.29 is 31.4 Å². The van der Waals surface area contributed by atoms with Crippen LogP contribution in [-0.4, -0.2) is 64.8 Å². The maximum absolute atomic E-state index is 13.3. The average Bonchev–Trinajstić information content (AvgIpc) is 3.14. The molecule has 2 saturated carbocycles. The molecule has 0 radical (unpaired) electrons. The summed E-state index contributed by atoms with van der Waals surface area (Å²) >= 11 is 0. The topological polar surface area (TPSA) is 78.4 Å². The summed E-state index contributed by atoms with van der Waals surface area (Å²) in [6.45, 7) is 2.86. The van der Waals surface area contributed by atoms with E-state index in [1.807, 2.05) is 0 Å². The summed E-state index contributed by atoms with van der Waals surface area (Å²) in [5.74, 6) is -0.169. The SMILES string of the molecule is Nc1ncc(-c2cc([C@H]3[C@@H]4C[C@H](N5CCCOCC5)C[C@@H]43)n(CC(F)F)n2)cc1OC(F)(F)F. The Balaban J connectivity index is 1.36. The van der Waals surface area contributed by atoms with Crippen LogP contribution in [0.5, 0.6) is 5.75 Å². The van der Waals surface area contributed by atoms with Crippen molar-refractivity contribution in [2.24, 2.45) is 11.8 Å². The van der Waals surface area contributed by atoms with E-state index in [0.717, 1.165) is 51.6 Å². The number of alkyl halides is 5. The normalized spacial score (nSPS) is 27.6. The maximum atomic E-state index is 13.3. The van der Waals surface area contributed by atoms with Gasteiger partial charge in [-0.15, -0.1) is 13.2 Å². The Hall–Kier alpha value is -2.47. The summed E-state index contributed by atoms with van der Waals surface area (Å²) < 4.78 is 75.4. The second kappa shape index (κ2) is 8.95. The van der Waals surface area contributed by atoms with Crippen molar-refractivity contribution >= 4 is 5.82 Å². The number of hydrogen-bond acceptors (Lipinski definition) is 6. The van der Waals surface area contributed by atoms with Crippen molar-refractivity contribution in [3.05, 3.63) is 24.0 Å². The zero-order valence-corrected chi connectivity index (χ0v) is 18.3. The third-order valence-electron chi connectivity index (χ3n) is 7.06. The van der Waals surface area contributed by atoms with Gasteiger partial charge in [0, 0.05) is 49.1 Å². The average molecular weight is 487 g/mol. The largest absolute Gasteiger partial charge is 0.573 e. The van der Waals surface area contributed by atoms with Crippen molar-refractivity contribution in [2.75, 3.05) is 32.0 Å². The molecule has 7 nitrogen and oxygen atoms in total. The highest BCUT2D eigenvalue weighted by molar-refractivity contribution is 5.64. The second-order valence-electron chi connectivity index (χ2n) is 9.16. The first-order valence-electron chi connectivity index (χ1n) is 11.4. The molecule has 12 heteroatoms. The minimum absolute atomic E-state index is 0.118. The number of fused-ring (bicyclic) bond motifs is 1. The quantitative estimate of drug-likeness (QED) is 0.623. The summed E-state index contributed by atoms with van der Waals surface area (Å²) in [5.41, 5.74) is 6.68. The van der Waals surface area contributed by atoms with Crippen molar-refractivity contribution in [3.8, 4) is 17.0 Å². The summed E-state index contributed by atoms with van der Waals surface area (Å²) in [6.07, 6.45) is -3.27. The molecule has 3 fully saturated rings. The molecule has 1 aliphatic heterocycles. The first-order valence-corrected chi connectivity index (χ1v) is 11.4. The minimum Gasteiger partial charge on any atom is -0.402 e. The standard InChI is InChI=1S/C22H26F5N5O2/c23-19(24)11-32-17(20-14-7-13(8-15(14)20)31-2-1-4-33-5-3-31)9-16(30-32)12-6-18(21(28)29-10-12)34-22(25,26)27/h6,9-10,13-15,19-20H,1-5,7-8,11H2,(H2,28,29)/t13-,14+,15-,20-. The fourth-order valence-corrected chi connectivity index (χ4v) is 5.60. The summed E-state index contributed by atoms with van der Waals surface area (Å²) in [6, 6.07) is 3.24. The highest BCUT2D eigenvalue weighted by Gasteiger charge is 2.58. The molecular weight excluding hydrogens is 461 g/mol. The van der Waals surface area contributed by atoms with Crippen LogP contribution in [0.15, 0.2) is 18.3 Å². The molecule has 2 aliphatic carbocycles. The Morgan fingerprint density at radius 1 is 1.15 bits per heavy atom. The smallest absolute Gasteiger partial charge is 0.402 e. The van der Waals surface area contributed by atoms with Crippen LogP contribution in [0.3, 0.4) is 0 Å². The predicted molar refractivity (Wildman–Crippen MR) is 112 cm³/mol. The Bertz CT molecular complexity index is 1010. The number of halogens is 5. The molecule has 3 aliphatic rings. The van der Waals surface area contributed by atoms with E-state index < -0.39 is 30.9 Å². The van der Waals surface area contributed by atoms with Gasteiger partial charge in [0.1, 0.15) is 6.54 Å². The van der Waals surface area contributed by atoms with E-state index in [4.69, 9.17) is 10.5 Å². The van der Waals surface area contributed by atoms with Crippen LogP contribution < -0.4 is 10.5 Å². The molecular formula is C22H26F5N5O2. The van der Waals surface area contributed by atoms with Gasteiger partial charge in [0.25, 0.3) is 6.43 Å². The first kappa shape index (κ1) is 23.3. The molecule has 1 saturated heterocycles. The van der Waals surface area contributed by atoms with E-state index in [-0.39, 0.29) is 17.2 Å². The molecule has 5 rings (SSSR count). The van der Waals surface area contributed by atoms with Crippen LogP contribution in [0.25, 0.3) is 11.3 Å². The number of pyridine rings is 1. The number of nitrogen functional groups attached to an aromatic ring is 1. The molecule has 4 atom stereocenters. The van der Waals surface area contributed by atoms with Crippen LogP contribution in [0.1, 0.15) is 30.9 Å². The number of ether oxygens (including phenoxy) is 2. The highest BCUT2D eigenvalue weighted by Crippen LogP contribution is 2.64. The number of rotatable bonds is 6. The molecule has 2 aromatic heterocycles. The van der Waals surface area contributed by atoms with Crippen LogP contribution >= 0.6 is 0 Å². The van der Waals surface area contributed by atoms with E-state index in [2.05, 4.69) is 19.7 Å². The van der Waals surface area contributed by atoms with Gasteiger partial charge in [0.05, 0.1) is 12.3 Å². The zero-order valence-electron chi connectivity index (χ0n) is 18.3. The van der Waals surface area contributed by atoms with Gasteiger partial charge >= 0.3 is 6.36 Å². The van der Waals surface area contributed by atoms with Crippen molar-refractivity contribution in [3.63, 3.8) is 0 Å². The number of nitrogens with two attached hydrogens (primary N) is 1. The third kappa shape index (κ3) is 4.83. The summed E-state index contributed by atoms with van der Waals surface area (Å²) in [4.78, 5) is 6.24. The first-order chi connectivity index (χ1) is 16.2. The molecule has 0 bridgehead atoms. The Morgan fingerprint density at radius 3 is 2.62 bits per heavy atom. The minimum atomic E-state index is -4.93. The number of hydrogen-bond donors (Lipinski definition) is 1. The van der Waals surface area contributed by atoms with Crippen LogP contribution in [0.4, 0.5) is 27.8 Å². The van der Waals surface area contributed by atoms with Gasteiger partial charge in [-0.2, -0.15) is 5.10 Å². The summed E-state index contributed by atoms with van der Waals surface area (Å²) in [5, 5.41) is 4.29. The molecule has 3 heterocycles. The lowest BCUT2D eigenvalue weighted by Gasteiger charge is -2.28. The second-order valence-corrected chi connectivity index (χ2v) is 9.16. The van der Waals surface area contributed by atoms with E-state index >= 15 is 0 Å². The van der Waals surface area contributed by atoms with Crippen LogP contribution in [-0.2, 0) is 11.3 Å². The number of nitrogens with zero attached hydrogens (tertiary/aromatic N) is 4. The van der Waals surface area contributed by atoms with E-state index in [9.17, 15) is 22.0 Å². The molecule has 186 valence electrons. The number of anilines is 1. The van der Waals surface area contributed by atoms with E-state index in [1.54, 1.807) is 6.07 Å². The number of aromatic nitrogens is 3. The fourth-order valence-electron chi connectivity index (χ4n) is 5.60. The van der Waals surface area contributed by atoms with Gasteiger partial charge in [-0.3, -0.25) is 9.58 Å². The van der Waals surface area contributed by atoms with Crippen molar-refractivity contribution in [2.45, 2.75) is 50.6 Å². The molecule has 0 aromatic carbocycles. The Labute approximate surface area is 193 Å². The Kier molecular flexibility index (Phi) is 6.13. The van der Waals surface area contributed by atoms with Crippen LogP contribution in [0.2, 0.25) is 0 Å². The van der Waals surface area contributed by atoms with E-state index in [0.29, 0.717) is 23.6 Å². The molecule has 0 spiro atoms. The monoisotopic (exact) mass is 487 g/mol. The third-order valence-corrected chi connectivity index (χ3v) is 7.06. The van der Waals surface area contributed by atoms with Crippen LogP contribution in [0, 0.1) is 11.8 Å². The molecule has 34 heavy (non-hydrogen) atoms.